The molecule has 7 nitrogen and oxygen atoms in total. The van der Waals surface area contributed by atoms with Crippen molar-refractivity contribution in [3.05, 3.63) is 0 Å². The average Bonchev–Trinajstić information content (AvgIpc) is 3.17. The molecule has 0 bridgehead atoms. The number of guanidine groups is 1. The van der Waals surface area contributed by atoms with Crippen molar-refractivity contribution in [1.29, 1.82) is 0 Å². The van der Waals surface area contributed by atoms with Crippen LogP contribution >= 0.6 is 0 Å². The third kappa shape index (κ3) is 7.50. The van der Waals surface area contributed by atoms with Gasteiger partial charge in [-0.15, -0.1) is 0 Å². The molecule has 0 aromatic carbocycles. The normalized spacial score (nSPS) is 22.9. The Morgan fingerprint density at radius 1 is 1.27 bits per heavy atom. The van der Waals surface area contributed by atoms with E-state index in [9.17, 15) is 4.79 Å². The van der Waals surface area contributed by atoms with E-state index in [0.717, 1.165) is 45.1 Å². The van der Waals surface area contributed by atoms with Gasteiger partial charge in [0.15, 0.2) is 5.96 Å². The van der Waals surface area contributed by atoms with Crippen LogP contribution < -0.4 is 10.6 Å². The van der Waals surface area contributed by atoms with Gasteiger partial charge in [0.2, 0.25) is 5.91 Å². The Morgan fingerprint density at radius 2 is 2.04 bits per heavy atom. The van der Waals surface area contributed by atoms with Crippen LogP contribution in [0.5, 0.6) is 0 Å². The Labute approximate surface area is 158 Å². The van der Waals surface area contributed by atoms with E-state index in [1.807, 2.05) is 0 Å². The van der Waals surface area contributed by atoms with E-state index >= 15 is 0 Å². The van der Waals surface area contributed by atoms with Gasteiger partial charge in [0.25, 0.3) is 0 Å². The summed E-state index contributed by atoms with van der Waals surface area (Å²) in [4.78, 5) is 20.5. The highest BCUT2D eigenvalue weighted by Gasteiger charge is 2.18. The molecule has 2 saturated heterocycles. The molecule has 0 aromatic rings. The number of hydrogen-bond acceptors (Lipinski definition) is 4. The number of likely N-dealkylation sites (N-methyl/N-ethyl adjacent to an activating group) is 1. The van der Waals surface area contributed by atoms with Gasteiger partial charge in [0.1, 0.15) is 6.54 Å². The molecule has 1 amide bonds. The van der Waals surface area contributed by atoms with Crippen molar-refractivity contribution >= 4 is 11.9 Å². The lowest BCUT2D eigenvalue weighted by atomic mass is 10.1. The van der Waals surface area contributed by atoms with E-state index in [4.69, 9.17) is 4.74 Å². The van der Waals surface area contributed by atoms with Crippen LogP contribution in [0.4, 0.5) is 0 Å². The fourth-order valence-electron chi connectivity index (χ4n) is 3.39. The van der Waals surface area contributed by atoms with Crippen LogP contribution in [0.15, 0.2) is 4.99 Å². The molecule has 150 valence electrons. The standard InChI is InChI=1S/C19H37N5O2/c1-16(24-10-5-4-6-11-24)7-9-20-19(22-14-18(25)23(2)3)21-13-17-8-12-26-15-17/h16-17H,4-15H2,1-3H3,(H2,20,21,22). The summed E-state index contributed by atoms with van der Waals surface area (Å²) in [5.41, 5.74) is 0. The highest BCUT2D eigenvalue weighted by Crippen LogP contribution is 2.13. The van der Waals surface area contributed by atoms with Crippen LogP contribution in [0.1, 0.15) is 39.0 Å². The second-order valence-electron chi connectivity index (χ2n) is 7.72. The molecular weight excluding hydrogens is 330 g/mol. The Bertz CT molecular complexity index is 443. The van der Waals surface area contributed by atoms with E-state index in [-0.39, 0.29) is 12.5 Å². The molecule has 0 aliphatic carbocycles. The van der Waals surface area contributed by atoms with Crippen molar-refractivity contribution in [2.45, 2.75) is 45.1 Å². The Morgan fingerprint density at radius 3 is 2.69 bits per heavy atom. The van der Waals surface area contributed by atoms with Crippen molar-refractivity contribution < 1.29 is 9.53 Å². The number of carbonyl (C=O) groups excluding carboxylic acids is 1. The number of rotatable bonds is 8. The van der Waals surface area contributed by atoms with Crippen LogP contribution in [0.25, 0.3) is 0 Å². The number of hydrogen-bond donors (Lipinski definition) is 2. The molecule has 2 aliphatic rings. The molecule has 2 rings (SSSR count). The van der Waals surface area contributed by atoms with Crippen LogP contribution in [0.3, 0.4) is 0 Å². The van der Waals surface area contributed by atoms with Gasteiger partial charge in [-0.2, -0.15) is 0 Å². The zero-order valence-corrected chi connectivity index (χ0v) is 16.8. The fraction of sp³-hybridized carbons (Fsp3) is 0.895. The smallest absolute Gasteiger partial charge is 0.243 e. The first kappa shape index (κ1) is 21.0. The number of carbonyl (C=O) groups is 1. The van der Waals surface area contributed by atoms with Gasteiger partial charge in [0.05, 0.1) is 6.61 Å². The summed E-state index contributed by atoms with van der Waals surface area (Å²) in [7, 11) is 3.52. The average molecular weight is 368 g/mol. The molecule has 26 heavy (non-hydrogen) atoms. The topological polar surface area (TPSA) is 69.2 Å². The first-order valence-corrected chi connectivity index (χ1v) is 10.1. The maximum absolute atomic E-state index is 11.8. The molecule has 2 heterocycles. The minimum Gasteiger partial charge on any atom is -0.381 e. The minimum absolute atomic E-state index is 0.0111. The monoisotopic (exact) mass is 367 g/mol. The molecular formula is C19H37N5O2. The highest BCUT2D eigenvalue weighted by molar-refractivity contribution is 5.84. The first-order valence-electron chi connectivity index (χ1n) is 10.1. The number of aliphatic imine (C=N–C) groups is 1. The molecule has 0 aromatic heterocycles. The Balaban J connectivity index is 1.77. The lowest BCUT2D eigenvalue weighted by Crippen LogP contribution is -2.43. The van der Waals surface area contributed by atoms with Gasteiger partial charge in [-0.05, 0) is 45.7 Å². The van der Waals surface area contributed by atoms with Crippen LogP contribution in [0.2, 0.25) is 0 Å². The molecule has 2 atom stereocenters. The molecule has 2 fully saturated rings. The van der Waals surface area contributed by atoms with Crippen molar-refractivity contribution in [1.82, 2.24) is 20.4 Å². The highest BCUT2D eigenvalue weighted by atomic mass is 16.5. The maximum Gasteiger partial charge on any atom is 0.243 e. The van der Waals surface area contributed by atoms with Crippen molar-refractivity contribution in [3.8, 4) is 0 Å². The predicted molar refractivity (Wildman–Crippen MR) is 105 cm³/mol. The Hall–Kier alpha value is -1.34. The largest absolute Gasteiger partial charge is 0.381 e. The van der Waals surface area contributed by atoms with Gasteiger partial charge in [0, 0.05) is 45.8 Å². The van der Waals surface area contributed by atoms with E-state index in [1.54, 1.807) is 19.0 Å². The van der Waals surface area contributed by atoms with Gasteiger partial charge in [-0.25, -0.2) is 4.99 Å². The summed E-state index contributed by atoms with van der Waals surface area (Å²) in [5.74, 6) is 1.27. The van der Waals surface area contributed by atoms with Gasteiger partial charge in [-0.3, -0.25) is 4.79 Å². The molecule has 0 radical (unpaired) electrons. The predicted octanol–water partition coefficient (Wildman–Crippen LogP) is 0.911. The van der Waals surface area contributed by atoms with Crippen LogP contribution in [-0.4, -0.2) is 87.7 Å². The lowest BCUT2D eigenvalue weighted by Gasteiger charge is -2.32. The summed E-state index contributed by atoms with van der Waals surface area (Å²) in [6.07, 6.45) is 6.18. The third-order valence-electron chi connectivity index (χ3n) is 5.32. The Kier molecular flexibility index (Phi) is 9.18. The summed E-state index contributed by atoms with van der Waals surface area (Å²) in [5, 5.41) is 6.79. The van der Waals surface area contributed by atoms with Crippen molar-refractivity contribution in [2.24, 2.45) is 10.9 Å². The second-order valence-corrected chi connectivity index (χ2v) is 7.72. The fourth-order valence-corrected chi connectivity index (χ4v) is 3.39. The number of likely N-dealkylation sites (tertiary alicyclic amines) is 1. The maximum atomic E-state index is 11.8. The second kappa shape index (κ2) is 11.4. The zero-order valence-electron chi connectivity index (χ0n) is 16.8. The van der Waals surface area contributed by atoms with Crippen molar-refractivity contribution in [3.63, 3.8) is 0 Å². The van der Waals surface area contributed by atoms with E-state index in [1.165, 1.54) is 32.4 Å². The van der Waals surface area contributed by atoms with Crippen LogP contribution in [0, 0.1) is 5.92 Å². The summed E-state index contributed by atoms with van der Waals surface area (Å²) < 4.78 is 5.43. The van der Waals surface area contributed by atoms with E-state index in [2.05, 4.69) is 27.4 Å². The number of ether oxygens (including phenoxy) is 1. The van der Waals surface area contributed by atoms with Gasteiger partial charge >= 0.3 is 0 Å². The van der Waals surface area contributed by atoms with Gasteiger partial charge < -0.3 is 25.2 Å². The molecule has 2 N–H and O–H groups in total. The lowest BCUT2D eigenvalue weighted by molar-refractivity contribution is -0.127. The number of amides is 1. The SMILES string of the molecule is CC(CCNC(=NCC(=O)N(C)C)NCC1CCOC1)N1CCCCC1. The summed E-state index contributed by atoms with van der Waals surface area (Å²) >= 11 is 0. The summed E-state index contributed by atoms with van der Waals surface area (Å²) in [6, 6.07) is 0.579. The zero-order chi connectivity index (χ0) is 18.8. The molecule has 2 unspecified atom stereocenters. The molecule has 7 heteroatoms. The quantitative estimate of drug-likeness (QED) is 0.493. The van der Waals surface area contributed by atoms with E-state index < -0.39 is 0 Å². The summed E-state index contributed by atoms with van der Waals surface area (Å²) in [6.45, 7) is 8.28. The molecule has 0 saturated carbocycles. The first-order chi connectivity index (χ1) is 12.6. The third-order valence-corrected chi connectivity index (χ3v) is 5.32. The van der Waals surface area contributed by atoms with E-state index in [0.29, 0.717) is 12.0 Å². The molecule has 0 spiro atoms. The molecule has 2 aliphatic heterocycles. The number of piperidine rings is 1. The number of nitrogens with one attached hydrogen (secondary N) is 2. The van der Waals surface area contributed by atoms with Crippen molar-refractivity contribution in [2.75, 3.05) is 60.0 Å². The minimum atomic E-state index is 0.0111. The number of nitrogens with zero attached hydrogens (tertiary/aromatic N) is 3. The van der Waals surface area contributed by atoms with Gasteiger partial charge in [-0.1, -0.05) is 6.42 Å². The van der Waals surface area contributed by atoms with Crippen LogP contribution in [-0.2, 0) is 9.53 Å².